The van der Waals surface area contributed by atoms with Crippen molar-refractivity contribution in [1.29, 1.82) is 0 Å². The third-order valence-electron chi connectivity index (χ3n) is 2.64. The van der Waals surface area contributed by atoms with Crippen molar-refractivity contribution in [1.82, 2.24) is 10.3 Å². The van der Waals surface area contributed by atoms with Gasteiger partial charge in [-0.3, -0.25) is 9.78 Å². The molecule has 0 fully saturated rings. The average molecular weight is 244 g/mol. The molecular weight excluding hydrogens is 228 g/mol. The average Bonchev–Trinajstić information content (AvgIpc) is 2.39. The lowest BCUT2D eigenvalue weighted by molar-refractivity contribution is -0.142. The van der Waals surface area contributed by atoms with Gasteiger partial charge in [-0.2, -0.15) is 0 Å². The largest absolute Gasteiger partial charge is 0.465 e. The Kier molecular flexibility index (Phi) is 4.25. The SMILES string of the molecule is CCOC(=O)CNCc1cncc2ccccc12. The molecule has 1 aromatic heterocycles. The number of rotatable bonds is 5. The highest BCUT2D eigenvalue weighted by Crippen LogP contribution is 2.16. The Morgan fingerprint density at radius 1 is 1.33 bits per heavy atom. The van der Waals surface area contributed by atoms with Gasteiger partial charge < -0.3 is 10.1 Å². The Balaban J connectivity index is 2.01. The van der Waals surface area contributed by atoms with Gasteiger partial charge in [0.15, 0.2) is 0 Å². The highest BCUT2D eigenvalue weighted by Gasteiger charge is 2.03. The van der Waals surface area contributed by atoms with E-state index >= 15 is 0 Å². The number of ether oxygens (including phenoxy) is 1. The van der Waals surface area contributed by atoms with E-state index in [9.17, 15) is 4.79 Å². The molecule has 0 aliphatic carbocycles. The number of aromatic nitrogens is 1. The summed E-state index contributed by atoms with van der Waals surface area (Å²) < 4.78 is 4.85. The van der Waals surface area contributed by atoms with Gasteiger partial charge in [-0.05, 0) is 17.9 Å². The third kappa shape index (κ3) is 3.05. The minimum atomic E-state index is -0.231. The van der Waals surface area contributed by atoms with E-state index in [1.165, 1.54) is 0 Å². The first kappa shape index (κ1) is 12.5. The van der Waals surface area contributed by atoms with Gasteiger partial charge in [-0.15, -0.1) is 0 Å². The zero-order valence-corrected chi connectivity index (χ0v) is 10.3. The fourth-order valence-electron chi connectivity index (χ4n) is 1.83. The lowest BCUT2D eigenvalue weighted by Gasteiger charge is -2.07. The topological polar surface area (TPSA) is 51.2 Å². The lowest BCUT2D eigenvalue weighted by Crippen LogP contribution is -2.24. The summed E-state index contributed by atoms with van der Waals surface area (Å²) in [6.07, 6.45) is 3.66. The van der Waals surface area contributed by atoms with E-state index in [4.69, 9.17) is 4.74 Å². The second kappa shape index (κ2) is 6.12. The monoisotopic (exact) mass is 244 g/mol. The third-order valence-corrected chi connectivity index (χ3v) is 2.64. The Hall–Kier alpha value is -1.94. The van der Waals surface area contributed by atoms with E-state index in [1.807, 2.05) is 30.6 Å². The number of benzene rings is 1. The maximum atomic E-state index is 11.2. The molecule has 0 amide bonds. The van der Waals surface area contributed by atoms with Crippen molar-refractivity contribution in [2.45, 2.75) is 13.5 Å². The van der Waals surface area contributed by atoms with Crippen molar-refractivity contribution in [3.05, 3.63) is 42.2 Å². The molecule has 0 radical (unpaired) electrons. The molecule has 0 saturated heterocycles. The molecule has 0 atom stereocenters. The normalized spacial score (nSPS) is 10.5. The number of nitrogens with one attached hydrogen (secondary N) is 1. The molecule has 1 aromatic carbocycles. The van der Waals surface area contributed by atoms with Gasteiger partial charge in [0, 0.05) is 24.3 Å². The predicted octanol–water partition coefficient (Wildman–Crippen LogP) is 1.89. The van der Waals surface area contributed by atoms with E-state index in [0.29, 0.717) is 13.2 Å². The smallest absolute Gasteiger partial charge is 0.319 e. The van der Waals surface area contributed by atoms with Gasteiger partial charge in [-0.1, -0.05) is 24.3 Å². The first-order valence-electron chi connectivity index (χ1n) is 5.99. The van der Waals surface area contributed by atoms with Crippen molar-refractivity contribution in [2.75, 3.05) is 13.2 Å². The summed E-state index contributed by atoms with van der Waals surface area (Å²) in [5, 5.41) is 5.32. The van der Waals surface area contributed by atoms with Crippen LogP contribution in [0.5, 0.6) is 0 Å². The maximum absolute atomic E-state index is 11.2. The predicted molar refractivity (Wildman–Crippen MR) is 70.1 cm³/mol. The summed E-state index contributed by atoms with van der Waals surface area (Å²) in [4.78, 5) is 15.4. The molecule has 0 unspecified atom stereocenters. The van der Waals surface area contributed by atoms with Crippen LogP contribution in [0.2, 0.25) is 0 Å². The lowest BCUT2D eigenvalue weighted by atomic mass is 10.1. The summed E-state index contributed by atoms with van der Waals surface area (Å²) in [6.45, 7) is 3.03. The molecule has 1 heterocycles. The Morgan fingerprint density at radius 3 is 3.00 bits per heavy atom. The van der Waals surface area contributed by atoms with Crippen molar-refractivity contribution in [3.8, 4) is 0 Å². The zero-order chi connectivity index (χ0) is 12.8. The van der Waals surface area contributed by atoms with E-state index in [1.54, 1.807) is 6.92 Å². The van der Waals surface area contributed by atoms with Gasteiger partial charge in [0.2, 0.25) is 0 Å². The van der Waals surface area contributed by atoms with Crippen LogP contribution in [0, 0.1) is 0 Å². The van der Waals surface area contributed by atoms with Crippen LogP contribution in [-0.4, -0.2) is 24.1 Å². The van der Waals surface area contributed by atoms with Crippen LogP contribution < -0.4 is 5.32 Å². The van der Waals surface area contributed by atoms with E-state index < -0.39 is 0 Å². The minimum absolute atomic E-state index is 0.219. The molecule has 4 nitrogen and oxygen atoms in total. The molecule has 0 spiro atoms. The molecule has 4 heteroatoms. The van der Waals surface area contributed by atoms with Crippen LogP contribution in [0.25, 0.3) is 10.8 Å². The summed E-state index contributed by atoms with van der Waals surface area (Å²) in [5.74, 6) is -0.231. The second-order valence-corrected chi connectivity index (χ2v) is 3.93. The fraction of sp³-hybridized carbons (Fsp3) is 0.286. The van der Waals surface area contributed by atoms with Crippen molar-refractivity contribution in [2.24, 2.45) is 0 Å². The summed E-state index contributed by atoms with van der Waals surface area (Å²) in [7, 11) is 0. The molecule has 2 aromatic rings. The highest BCUT2D eigenvalue weighted by molar-refractivity contribution is 5.84. The van der Waals surface area contributed by atoms with Crippen LogP contribution in [0.4, 0.5) is 0 Å². The van der Waals surface area contributed by atoms with Gasteiger partial charge in [0.05, 0.1) is 13.2 Å². The number of fused-ring (bicyclic) bond motifs is 1. The number of nitrogens with zero attached hydrogens (tertiary/aromatic N) is 1. The number of hydrogen-bond donors (Lipinski definition) is 1. The van der Waals surface area contributed by atoms with Crippen LogP contribution >= 0.6 is 0 Å². The molecule has 18 heavy (non-hydrogen) atoms. The quantitative estimate of drug-likeness (QED) is 0.816. The van der Waals surface area contributed by atoms with Crippen molar-refractivity contribution >= 4 is 16.7 Å². The van der Waals surface area contributed by atoms with Gasteiger partial charge >= 0.3 is 5.97 Å². The van der Waals surface area contributed by atoms with Gasteiger partial charge in [-0.25, -0.2) is 0 Å². The number of carbonyl (C=O) groups is 1. The molecule has 0 aliphatic rings. The van der Waals surface area contributed by atoms with Gasteiger partial charge in [0.25, 0.3) is 0 Å². The minimum Gasteiger partial charge on any atom is -0.465 e. The first-order valence-corrected chi connectivity index (χ1v) is 5.99. The van der Waals surface area contributed by atoms with Crippen LogP contribution in [0.15, 0.2) is 36.7 Å². The first-order chi connectivity index (χ1) is 8.81. The fourth-order valence-corrected chi connectivity index (χ4v) is 1.83. The standard InChI is InChI=1S/C14H16N2O2/c1-2-18-14(17)10-16-9-12-8-15-7-11-5-3-4-6-13(11)12/h3-8,16H,2,9-10H2,1H3. The molecule has 1 N–H and O–H groups in total. The molecule has 0 bridgehead atoms. The number of hydrogen-bond acceptors (Lipinski definition) is 4. The Labute approximate surface area is 106 Å². The second-order valence-electron chi connectivity index (χ2n) is 3.93. The summed E-state index contributed by atoms with van der Waals surface area (Å²) in [6, 6.07) is 8.06. The highest BCUT2D eigenvalue weighted by atomic mass is 16.5. The van der Waals surface area contributed by atoms with E-state index in [0.717, 1.165) is 16.3 Å². The Morgan fingerprint density at radius 2 is 2.17 bits per heavy atom. The molecule has 0 aliphatic heterocycles. The number of pyridine rings is 1. The van der Waals surface area contributed by atoms with Crippen molar-refractivity contribution in [3.63, 3.8) is 0 Å². The number of carbonyl (C=O) groups excluding carboxylic acids is 1. The zero-order valence-electron chi connectivity index (χ0n) is 10.3. The van der Waals surface area contributed by atoms with E-state index in [2.05, 4.69) is 16.4 Å². The van der Waals surface area contributed by atoms with Crippen molar-refractivity contribution < 1.29 is 9.53 Å². The van der Waals surface area contributed by atoms with Gasteiger partial charge in [0.1, 0.15) is 0 Å². The summed E-state index contributed by atoms with van der Waals surface area (Å²) >= 11 is 0. The number of esters is 1. The van der Waals surface area contributed by atoms with Crippen LogP contribution in [0.3, 0.4) is 0 Å². The Bertz CT molecular complexity index is 535. The maximum Gasteiger partial charge on any atom is 0.319 e. The molecule has 0 saturated carbocycles. The summed E-state index contributed by atoms with van der Waals surface area (Å²) in [5.41, 5.74) is 1.08. The molecule has 94 valence electrons. The molecular formula is C14H16N2O2. The van der Waals surface area contributed by atoms with Crippen LogP contribution in [-0.2, 0) is 16.1 Å². The van der Waals surface area contributed by atoms with Crippen LogP contribution in [0.1, 0.15) is 12.5 Å². The van der Waals surface area contributed by atoms with E-state index in [-0.39, 0.29) is 12.5 Å². The molecule has 2 rings (SSSR count).